The number of carbonyl (C=O) groups is 2. The van der Waals surface area contributed by atoms with Crippen molar-refractivity contribution in [2.45, 2.75) is 45.0 Å². The maximum absolute atomic E-state index is 13.5. The molecular weight excluding hydrogens is 327 g/mol. The van der Waals surface area contributed by atoms with Crippen LogP contribution in [0.1, 0.15) is 32.4 Å². The lowest BCUT2D eigenvalue weighted by Crippen LogP contribution is -2.55. The highest BCUT2D eigenvalue weighted by Gasteiger charge is 2.70. The summed E-state index contributed by atoms with van der Waals surface area (Å²) >= 11 is 0. The van der Waals surface area contributed by atoms with Gasteiger partial charge in [-0.3, -0.25) is 9.59 Å². The molecule has 0 fully saturated rings. The van der Waals surface area contributed by atoms with Gasteiger partial charge in [-0.1, -0.05) is 13.8 Å². The van der Waals surface area contributed by atoms with Crippen LogP contribution < -0.4 is 0 Å². The van der Waals surface area contributed by atoms with Crippen molar-refractivity contribution in [3.8, 4) is 0 Å². The van der Waals surface area contributed by atoms with Crippen LogP contribution in [-0.2, 0) is 16.1 Å². The Hall–Kier alpha value is -2.09. The topological polar surface area (TPSA) is 70.8 Å². The van der Waals surface area contributed by atoms with Gasteiger partial charge in [0, 0.05) is 12.1 Å². The third-order valence-electron chi connectivity index (χ3n) is 4.40. The van der Waals surface area contributed by atoms with Gasteiger partial charge in [0.1, 0.15) is 5.76 Å². The molecule has 1 aliphatic carbocycles. The Labute approximate surface area is 135 Å². The molecule has 1 N–H and O–H groups in total. The molecule has 1 atom stereocenters. The molecule has 24 heavy (non-hydrogen) atoms. The third-order valence-corrected chi connectivity index (χ3v) is 4.40. The summed E-state index contributed by atoms with van der Waals surface area (Å²) in [7, 11) is 0. The van der Waals surface area contributed by atoms with E-state index in [4.69, 9.17) is 4.42 Å². The highest BCUT2D eigenvalue weighted by atomic mass is 19.4. The van der Waals surface area contributed by atoms with E-state index >= 15 is 0 Å². The third kappa shape index (κ3) is 2.28. The van der Waals surface area contributed by atoms with E-state index in [2.05, 4.69) is 0 Å². The number of rotatable bonds is 2. The summed E-state index contributed by atoms with van der Waals surface area (Å²) in [5.74, 6) is -2.14. The van der Waals surface area contributed by atoms with Crippen LogP contribution in [0.5, 0.6) is 0 Å². The fourth-order valence-corrected chi connectivity index (χ4v) is 3.34. The number of hydrogen-bond donors (Lipinski definition) is 1. The highest BCUT2D eigenvalue weighted by Crippen LogP contribution is 2.51. The van der Waals surface area contributed by atoms with Crippen molar-refractivity contribution in [3.63, 3.8) is 0 Å². The lowest BCUT2D eigenvalue weighted by molar-refractivity contribution is -0.238. The molecule has 0 spiro atoms. The van der Waals surface area contributed by atoms with E-state index in [-0.39, 0.29) is 30.8 Å². The molecule has 0 radical (unpaired) electrons. The second-order valence-corrected chi connectivity index (χ2v) is 6.94. The van der Waals surface area contributed by atoms with Crippen LogP contribution >= 0.6 is 0 Å². The first-order valence-corrected chi connectivity index (χ1v) is 7.38. The number of nitrogens with zero attached hydrogens (tertiary/aromatic N) is 1. The molecule has 2 aliphatic rings. The average Bonchev–Trinajstić information content (AvgIpc) is 2.99. The minimum atomic E-state index is -5.28. The number of aliphatic hydroxyl groups is 1. The molecule has 5 nitrogen and oxygen atoms in total. The summed E-state index contributed by atoms with van der Waals surface area (Å²) in [6.45, 7) is 3.19. The maximum Gasteiger partial charge on any atom is 0.430 e. The van der Waals surface area contributed by atoms with Gasteiger partial charge in [-0.2, -0.15) is 13.2 Å². The monoisotopic (exact) mass is 343 g/mol. The van der Waals surface area contributed by atoms with Crippen molar-refractivity contribution < 1.29 is 32.3 Å². The van der Waals surface area contributed by atoms with Crippen LogP contribution in [0.25, 0.3) is 0 Å². The maximum atomic E-state index is 13.5. The Morgan fingerprint density at radius 1 is 1.29 bits per heavy atom. The first-order valence-electron chi connectivity index (χ1n) is 7.38. The Balaban J connectivity index is 2.14. The molecule has 0 saturated carbocycles. The fourth-order valence-electron chi connectivity index (χ4n) is 3.34. The van der Waals surface area contributed by atoms with E-state index in [1.165, 1.54) is 18.4 Å². The van der Waals surface area contributed by atoms with Crippen LogP contribution in [0, 0.1) is 5.41 Å². The zero-order chi connectivity index (χ0) is 17.9. The number of ketones is 1. The van der Waals surface area contributed by atoms with Crippen LogP contribution in [-0.4, -0.2) is 33.5 Å². The van der Waals surface area contributed by atoms with Crippen molar-refractivity contribution in [3.05, 3.63) is 35.4 Å². The molecule has 0 unspecified atom stereocenters. The smallest absolute Gasteiger partial charge is 0.430 e. The fraction of sp³-hybridized carbons (Fsp3) is 0.500. The molecule has 2 heterocycles. The Morgan fingerprint density at radius 2 is 1.96 bits per heavy atom. The summed E-state index contributed by atoms with van der Waals surface area (Å²) in [5.41, 5.74) is -5.31. The normalized spacial score (nSPS) is 27.0. The van der Waals surface area contributed by atoms with E-state index in [0.717, 1.165) is 4.90 Å². The summed E-state index contributed by atoms with van der Waals surface area (Å²) in [6.07, 6.45) is -4.03. The molecule has 0 bridgehead atoms. The van der Waals surface area contributed by atoms with Crippen molar-refractivity contribution in [1.29, 1.82) is 0 Å². The molecule has 1 aromatic heterocycles. The van der Waals surface area contributed by atoms with Crippen molar-refractivity contribution in [2.75, 3.05) is 0 Å². The van der Waals surface area contributed by atoms with Crippen molar-refractivity contribution in [1.82, 2.24) is 4.90 Å². The number of furan rings is 1. The minimum Gasteiger partial charge on any atom is -0.467 e. The number of alkyl halides is 3. The second-order valence-electron chi connectivity index (χ2n) is 6.94. The molecule has 130 valence electrons. The Morgan fingerprint density at radius 3 is 2.50 bits per heavy atom. The molecule has 1 aromatic rings. The summed E-state index contributed by atoms with van der Waals surface area (Å²) in [6, 6.07) is 3.05. The zero-order valence-electron chi connectivity index (χ0n) is 13.1. The van der Waals surface area contributed by atoms with E-state index in [1.807, 2.05) is 0 Å². The van der Waals surface area contributed by atoms with Crippen molar-refractivity contribution in [2.24, 2.45) is 5.41 Å². The molecule has 0 saturated heterocycles. The van der Waals surface area contributed by atoms with Gasteiger partial charge in [-0.25, -0.2) is 0 Å². The summed E-state index contributed by atoms with van der Waals surface area (Å²) in [5, 5.41) is 10.2. The average molecular weight is 343 g/mol. The van der Waals surface area contributed by atoms with Gasteiger partial charge >= 0.3 is 6.18 Å². The number of amides is 1. The van der Waals surface area contributed by atoms with Crippen LogP contribution in [0.2, 0.25) is 0 Å². The summed E-state index contributed by atoms with van der Waals surface area (Å²) < 4.78 is 45.5. The van der Waals surface area contributed by atoms with E-state index in [0.29, 0.717) is 0 Å². The van der Waals surface area contributed by atoms with Gasteiger partial charge < -0.3 is 14.4 Å². The van der Waals surface area contributed by atoms with Gasteiger partial charge in [-0.05, 0) is 24.0 Å². The van der Waals surface area contributed by atoms with Gasteiger partial charge in [-0.15, -0.1) is 0 Å². The van der Waals surface area contributed by atoms with E-state index in [9.17, 15) is 27.9 Å². The first-order chi connectivity index (χ1) is 11.0. The second kappa shape index (κ2) is 4.95. The highest BCUT2D eigenvalue weighted by molar-refractivity contribution is 6.11. The van der Waals surface area contributed by atoms with Gasteiger partial charge in [0.25, 0.3) is 11.5 Å². The quantitative estimate of drug-likeness (QED) is 0.896. The predicted molar refractivity (Wildman–Crippen MR) is 75.3 cm³/mol. The SMILES string of the molecule is CC1(C)CC(=O)C2=C(C1)N(Cc1ccco1)C(=O)[C@]2(O)C(F)(F)F. The van der Waals surface area contributed by atoms with Crippen LogP contribution in [0.15, 0.2) is 34.1 Å². The molecule has 3 rings (SSSR count). The minimum absolute atomic E-state index is 0.0718. The molecule has 1 aliphatic heterocycles. The molecule has 1 amide bonds. The van der Waals surface area contributed by atoms with Crippen LogP contribution in [0.3, 0.4) is 0 Å². The molecular formula is C16H16F3NO4. The first kappa shape index (κ1) is 16.8. The molecule has 0 aromatic carbocycles. The predicted octanol–water partition coefficient (Wildman–Crippen LogP) is 2.56. The lowest BCUT2D eigenvalue weighted by atomic mass is 9.73. The number of hydrogen-bond acceptors (Lipinski definition) is 4. The number of halogens is 3. The zero-order valence-corrected chi connectivity index (χ0v) is 13.1. The number of allylic oxidation sites excluding steroid dienone is 1. The lowest BCUT2D eigenvalue weighted by Gasteiger charge is -2.33. The summed E-state index contributed by atoms with van der Waals surface area (Å²) in [4.78, 5) is 25.6. The largest absolute Gasteiger partial charge is 0.467 e. The van der Waals surface area contributed by atoms with Crippen molar-refractivity contribution >= 4 is 11.7 Å². The van der Waals surface area contributed by atoms with Crippen LogP contribution in [0.4, 0.5) is 13.2 Å². The standard InChI is InChI=1S/C16H16F3NO4/c1-14(2)6-10-12(11(21)7-14)15(23,16(17,18)19)13(22)20(10)8-9-4-3-5-24-9/h3-5,23H,6-8H2,1-2H3/t15-/m0/s1. The Bertz CT molecular complexity index is 733. The van der Waals surface area contributed by atoms with E-state index in [1.54, 1.807) is 13.8 Å². The van der Waals surface area contributed by atoms with E-state index < -0.39 is 34.5 Å². The Kier molecular flexibility index (Phi) is 3.46. The number of carbonyl (C=O) groups excluding carboxylic acids is 2. The van der Waals surface area contributed by atoms with Gasteiger partial charge in [0.05, 0.1) is 18.4 Å². The van der Waals surface area contributed by atoms with Gasteiger partial charge in [0.2, 0.25) is 0 Å². The number of Topliss-reactive ketones (excluding diaryl/α,β-unsaturated/α-hetero) is 1. The van der Waals surface area contributed by atoms with Gasteiger partial charge in [0.15, 0.2) is 5.78 Å². The molecule has 8 heteroatoms.